The molecule has 1 N–H and O–H groups in total. The first-order chi connectivity index (χ1) is 26.3. The molecule has 0 saturated carbocycles. The number of hydrogen-bond donors (Lipinski definition) is 1. The fourth-order valence-corrected chi connectivity index (χ4v) is 9.72. The number of unbranched alkanes of at least 4 members (excludes halogenated alkanes) is 2. The van der Waals surface area contributed by atoms with Crippen molar-refractivity contribution in [2.45, 2.75) is 85.8 Å². The van der Waals surface area contributed by atoms with Gasteiger partial charge in [-0.1, -0.05) is 6.08 Å². The molecule has 2 heterocycles. The minimum atomic E-state index is -4.91. The van der Waals surface area contributed by atoms with E-state index in [1.54, 1.807) is 32.1 Å². The van der Waals surface area contributed by atoms with Crippen molar-refractivity contribution in [3.05, 3.63) is 71.5 Å². The molecule has 2 aromatic carbocycles. The molecule has 2 unspecified atom stereocenters. The topological polar surface area (TPSA) is 282 Å². The summed E-state index contributed by atoms with van der Waals surface area (Å²) in [5.41, 5.74) is 0.566. The molecule has 4 rings (SSSR count). The Bertz CT molecular complexity index is 2430. The monoisotopic (exact) mass is 942 g/mol. The number of benzene rings is 2. The van der Waals surface area contributed by atoms with Gasteiger partial charge >= 0.3 is 88.7 Å². The first-order valence-corrected chi connectivity index (χ1v) is 23.9. The SMILES string of the molecule is COCCN1C(=CC=CC2=[N+](CCCCCC(=O)[O-])c3ccc(S(=O)(=O)O)cc3C2(C)CCCS(=O)(=O)[O-])C(C)(CCCS(=O)(=O)[O-])c2cc(S(=O)(=O)[O-])ccc21.[Na+].[Na+].[Na+]. The van der Waals surface area contributed by atoms with E-state index in [0.29, 0.717) is 53.2 Å². The van der Waals surface area contributed by atoms with E-state index in [9.17, 15) is 61.8 Å². The summed E-state index contributed by atoms with van der Waals surface area (Å²) >= 11 is 0. The van der Waals surface area contributed by atoms with E-state index in [-0.39, 0.29) is 140 Å². The number of carboxylic acid groups (broad SMARTS) is 1. The smallest absolute Gasteiger partial charge is 0.748 e. The van der Waals surface area contributed by atoms with Crippen LogP contribution in [0.3, 0.4) is 0 Å². The van der Waals surface area contributed by atoms with Gasteiger partial charge in [0.2, 0.25) is 5.69 Å². The zero-order chi connectivity index (χ0) is 42.6. The van der Waals surface area contributed by atoms with E-state index < -0.39 is 78.6 Å². The van der Waals surface area contributed by atoms with E-state index >= 15 is 0 Å². The summed E-state index contributed by atoms with van der Waals surface area (Å²) in [4.78, 5) is 11.9. The second kappa shape index (κ2) is 23.1. The van der Waals surface area contributed by atoms with E-state index in [1.807, 2.05) is 9.48 Å². The summed E-state index contributed by atoms with van der Waals surface area (Å²) in [7, 11) is -17.4. The molecule has 17 nitrogen and oxygen atoms in total. The third-order valence-corrected chi connectivity index (χ3v) is 13.7. The first-order valence-electron chi connectivity index (χ1n) is 17.9. The molecule has 0 spiro atoms. The molecule has 0 aliphatic carbocycles. The molecule has 0 fully saturated rings. The van der Waals surface area contributed by atoms with Crippen LogP contribution in [0, 0.1) is 0 Å². The van der Waals surface area contributed by atoms with Crippen molar-refractivity contribution in [1.29, 1.82) is 0 Å². The van der Waals surface area contributed by atoms with Crippen LogP contribution < -0.4 is 98.7 Å². The van der Waals surface area contributed by atoms with Gasteiger partial charge in [-0.3, -0.25) is 4.55 Å². The molecule has 0 radical (unpaired) electrons. The predicted octanol–water partition coefficient (Wildman–Crippen LogP) is -6.97. The number of aliphatic carboxylic acids is 1. The Morgan fingerprint density at radius 1 is 0.800 bits per heavy atom. The Hall–Kier alpha value is -0.540. The molecule has 0 aromatic heterocycles. The van der Waals surface area contributed by atoms with Gasteiger partial charge in [-0.2, -0.15) is 13.0 Å². The second-order valence-electron chi connectivity index (χ2n) is 14.5. The Morgan fingerprint density at radius 2 is 1.37 bits per heavy atom. The molecule has 2 atom stereocenters. The van der Waals surface area contributed by atoms with Crippen LogP contribution in [0.5, 0.6) is 0 Å². The minimum Gasteiger partial charge on any atom is -0.748 e. The van der Waals surface area contributed by atoms with Crippen LogP contribution >= 0.6 is 0 Å². The maximum absolute atomic E-state index is 12.3. The van der Waals surface area contributed by atoms with Gasteiger partial charge in [-0.05, 0) is 101 Å². The number of rotatable bonds is 21. The molecule has 2 aromatic rings. The number of methoxy groups -OCH3 is 1. The quantitative estimate of drug-likeness (QED) is 0.0527. The van der Waals surface area contributed by atoms with Crippen molar-refractivity contribution in [1.82, 2.24) is 0 Å². The maximum atomic E-state index is 12.3. The van der Waals surface area contributed by atoms with Gasteiger partial charge in [0.1, 0.15) is 16.7 Å². The van der Waals surface area contributed by atoms with Crippen LogP contribution in [-0.2, 0) is 60.8 Å². The molecular weight excluding hydrogens is 898 g/mol. The predicted molar refractivity (Wildman–Crippen MR) is 203 cm³/mol. The van der Waals surface area contributed by atoms with Crippen molar-refractivity contribution in [2.75, 3.05) is 43.2 Å². The van der Waals surface area contributed by atoms with E-state index in [4.69, 9.17) is 4.74 Å². The first kappa shape index (κ1) is 57.5. The maximum Gasteiger partial charge on any atom is 1.00 e. The Morgan fingerprint density at radius 3 is 1.90 bits per heavy atom. The van der Waals surface area contributed by atoms with Crippen LogP contribution in [0.1, 0.15) is 76.3 Å². The molecule has 0 saturated heterocycles. The number of hydrogen-bond acceptors (Lipinski definition) is 15. The molecule has 316 valence electrons. The molecule has 2 aliphatic heterocycles. The molecular formula is C36H45N2Na3O15S4. The van der Waals surface area contributed by atoms with Crippen LogP contribution in [0.15, 0.2) is 70.1 Å². The normalized spacial score (nSPS) is 19.8. The number of carboxylic acids is 1. The van der Waals surface area contributed by atoms with Gasteiger partial charge in [0, 0.05) is 72.1 Å². The standard InChI is InChI=1S/C36H48N2O15S4.3Na/c1-35(17-8-22-54(41,42)43)28-24-26(56(47,48)49)13-15-30(28)37(19-6-4-5-12-34(39)40)32(35)10-7-11-33-36(2,18-9-23-55(44,45)46)29-25-27(57(50,51)52)14-16-31(29)38(33)20-21-53-3;;;/h7,10-11,13-16,24-25H,4-6,8-9,12,17-23H2,1-3H3,(H4-,39,40,41,42,43,44,45,46,47,48,49,50,51,52);;;/q;3*+1/p-3. The molecule has 0 bridgehead atoms. The van der Waals surface area contributed by atoms with Gasteiger partial charge in [0.15, 0.2) is 5.71 Å². The third kappa shape index (κ3) is 14.7. The summed E-state index contributed by atoms with van der Waals surface area (Å²) in [5.74, 6) is -2.63. The molecule has 0 amide bonds. The van der Waals surface area contributed by atoms with Crippen molar-refractivity contribution >= 4 is 63.5 Å². The van der Waals surface area contributed by atoms with E-state index in [1.165, 1.54) is 37.4 Å². The Balaban J connectivity index is 0.00000600. The number of fused-ring (bicyclic) bond motifs is 2. The number of ether oxygens (including phenoxy) is 1. The Labute approximate surface area is 419 Å². The number of allylic oxidation sites excluding steroid dienone is 4. The Kier molecular flexibility index (Phi) is 22.1. The van der Waals surface area contributed by atoms with Crippen molar-refractivity contribution in [3.63, 3.8) is 0 Å². The number of carbonyl (C=O) groups is 1. The third-order valence-electron chi connectivity index (χ3n) is 10.4. The van der Waals surface area contributed by atoms with Gasteiger partial charge in [-0.25, -0.2) is 25.3 Å². The number of nitrogens with zero attached hydrogens (tertiary/aromatic N) is 2. The average molecular weight is 943 g/mol. The van der Waals surface area contributed by atoms with E-state index in [0.717, 1.165) is 6.07 Å². The largest absolute Gasteiger partial charge is 1.00 e. The van der Waals surface area contributed by atoms with Crippen molar-refractivity contribution in [3.8, 4) is 0 Å². The summed E-state index contributed by atoms with van der Waals surface area (Å²) in [6.45, 7) is 4.15. The van der Waals surface area contributed by atoms with Crippen LogP contribution in [-0.4, -0.2) is 106 Å². The van der Waals surface area contributed by atoms with E-state index in [2.05, 4.69) is 0 Å². The van der Waals surface area contributed by atoms with Crippen LogP contribution in [0.25, 0.3) is 0 Å². The van der Waals surface area contributed by atoms with Gasteiger partial charge in [-0.15, -0.1) is 0 Å². The number of carbonyl (C=O) groups excluding carboxylic acids is 1. The van der Waals surface area contributed by atoms with Crippen molar-refractivity contribution < 1.29 is 160 Å². The van der Waals surface area contributed by atoms with Gasteiger partial charge < -0.3 is 33.2 Å². The second-order valence-corrected chi connectivity index (χ2v) is 20.3. The minimum absolute atomic E-state index is 0. The average Bonchev–Trinajstić information content (AvgIpc) is 3.45. The molecule has 24 heteroatoms. The zero-order valence-electron chi connectivity index (χ0n) is 34.6. The summed E-state index contributed by atoms with van der Waals surface area (Å²) in [5, 5.41) is 11.0. The summed E-state index contributed by atoms with van der Waals surface area (Å²) in [6, 6.07) is 7.83. The summed E-state index contributed by atoms with van der Waals surface area (Å²) < 4.78 is 148. The zero-order valence-corrected chi connectivity index (χ0v) is 43.8. The number of anilines is 1. The van der Waals surface area contributed by atoms with Crippen molar-refractivity contribution in [2.24, 2.45) is 0 Å². The fraction of sp³-hybridized carbons (Fsp3) is 0.500. The summed E-state index contributed by atoms with van der Waals surface area (Å²) in [6.07, 6.45) is 5.94. The van der Waals surface area contributed by atoms with Gasteiger partial charge in [0.25, 0.3) is 10.1 Å². The molecule has 60 heavy (non-hydrogen) atoms. The van der Waals surface area contributed by atoms with Gasteiger partial charge in [0.05, 0.1) is 42.0 Å². The molecule has 2 aliphatic rings. The fourth-order valence-electron chi connectivity index (χ4n) is 7.72. The van der Waals surface area contributed by atoms with Crippen LogP contribution in [0.2, 0.25) is 0 Å². The van der Waals surface area contributed by atoms with Crippen LogP contribution in [0.4, 0.5) is 11.4 Å².